The molecule has 0 atom stereocenters. The largest absolute Gasteiger partial charge is 0.494 e. The minimum absolute atomic E-state index is 0.695. The van der Waals surface area contributed by atoms with Gasteiger partial charge in [0.05, 0.1) is 19.5 Å². The van der Waals surface area contributed by atoms with Gasteiger partial charge in [0.1, 0.15) is 0 Å². The zero-order valence-electron chi connectivity index (χ0n) is 12.2. The first-order chi connectivity index (χ1) is 9.20. The van der Waals surface area contributed by atoms with Crippen molar-refractivity contribution >= 4 is 5.95 Å². The highest BCUT2D eigenvalue weighted by atomic mass is 16.5. The van der Waals surface area contributed by atoms with Crippen LogP contribution in [0.15, 0.2) is 12.4 Å². The van der Waals surface area contributed by atoms with Gasteiger partial charge in [-0.05, 0) is 19.9 Å². The van der Waals surface area contributed by atoms with Gasteiger partial charge in [-0.15, -0.1) is 0 Å². The van der Waals surface area contributed by atoms with Crippen LogP contribution < -0.4 is 9.64 Å². The molecule has 0 aromatic carbocycles. The molecule has 0 amide bonds. The second-order valence-corrected chi connectivity index (χ2v) is 5.26. The van der Waals surface area contributed by atoms with E-state index >= 15 is 0 Å². The first-order valence-corrected chi connectivity index (χ1v) is 6.98. The van der Waals surface area contributed by atoms with Crippen molar-refractivity contribution in [3.05, 3.63) is 12.4 Å². The molecule has 5 nitrogen and oxygen atoms in total. The summed E-state index contributed by atoms with van der Waals surface area (Å²) >= 11 is 0. The summed E-state index contributed by atoms with van der Waals surface area (Å²) in [7, 11) is 5.88. The molecule has 1 fully saturated rings. The van der Waals surface area contributed by atoms with Crippen molar-refractivity contribution < 1.29 is 4.74 Å². The highest BCUT2D eigenvalue weighted by Crippen LogP contribution is 2.22. The summed E-state index contributed by atoms with van der Waals surface area (Å²) < 4.78 is 5.06. The summed E-state index contributed by atoms with van der Waals surface area (Å²) in [4.78, 5) is 13.1. The highest BCUT2D eigenvalue weighted by Gasteiger charge is 2.19. The molecule has 0 bridgehead atoms. The lowest BCUT2D eigenvalue weighted by Crippen LogP contribution is -2.36. The van der Waals surface area contributed by atoms with Crippen LogP contribution in [0.25, 0.3) is 0 Å². The summed E-state index contributed by atoms with van der Waals surface area (Å²) in [5.41, 5.74) is 0. The van der Waals surface area contributed by atoms with Crippen molar-refractivity contribution in [1.82, 2.24) is 14.9 Å². The van der Waals surface area contributed by atoms with E-state index in [0.717, 1.165) is 25.1 Å². The number of hydrogen-bond donors (Lipinski definition) is 0. The molecular weight excluding hydrogens is 240 g/mol. The first-order valence-electron chi connectivity index (χ1n) is 6.98. The Labute approximate surface area is 115 Å². The van der Waals surface area contributed by atoms with Gasteiger partial charge >= 0.3 is 0 Å². The SMILES string of the molecule is COc1cnc(N(C)CCN(C)C2CCCC2)nc1. The van der Waals surface area contributed by atoms with Crippen LogP contribution in [0.2, 0.25) is 0 Å². The molecule has 0 unspecified atom stereocenters. The van der Waals surface area contributed by atoms with Crippen LogP contribution in [-0.4, -0.2) is 55.2 Å². The average Bonchev–Trinajstić information content (AvgIpc) is 2.98. The number of anilines is 1. The Kier molecular flexibility index (Phi) is 4.96. The van der Waals surface area contributed by atoms with E-state index in [9.17, 15) is 0 Å². The number of methoxy groups -OCH3 is 1. The van der Waals surface area contributed by atoms with Crippen LogP contribution >= 0.6 is 0 Å². The molecule has 1 aliphatic rings. The monoisotopic (exact) mass is 264 g/mol. The lowest BCUT2D eigenvalue weighted by atomic mass is 10.2. The van der Waals surface area contributed by atoms with Gasteiger partial charge in [-0.1, -0.05) is 12.8 Å². The molecule has 0 radical (unpaired) electrons. The Bertz CT molecular complexity index is 376. The molecular formula is C14H24N4O. The van der Waals surface area contributed by atoms with E-state index in [-0.39, 0.29) is 0 Å². The number of hydrogen-bond acceptors (Lipinski definition) is 5. The lowest BCUT2D eigenvalue weighted by Gasteiger charge is -2.26. The quantitative estimate of drug-likeness (QED) is 0.783. The zero-order valence-corrected chi connectivity index (χ0v) is 12.2. The number of aromatic nitrogens is 2. The maximum atomic E-state index is 5.06. The third-order valence-electron chi connectivity index (χ3n) is 3.93. The van der Waals surface area contributed by atoms with Crippen LogP contribution in [0.4, 0.5) is 5.95 Å². The van der Waals surface area contributed by atoms with Crippen molar-refractivity contribution in [3.8, 4) is 5.75 Å². The van der Waals surface area contributed by atoms with Crippen LogP contribution in [-0.2, 0) is 0 Å². The average molecular weight is 264 g/mol. The Morgan fingerprint density at radius 1 is 1.16 bits per heavy atom. The van der Waals surface area contributed by atoms with Gasteiger partial charge in [-0.3, -0.25) is 0 Å². The second kappa shape index (κ2) is 6.70. The van der Waals surface area contributed by atoms with E-state index in [4.69, 9.17) is 4.74 Å². The molecule has 1 heterocycles. The number of rotatable bonds is 6. The van der Waals surface area contributed by atoms with Gasteiger partial charge in [0.15, 0.2) is 5.75 Å². The fourth-order valence-electron chi connectivity index (χ4n) is 2.55. The molecule has 1 aliphatic carbocycles. The van der Waals surface area contributed by atoms with Gasteiger partial charge in [-0.25, -0.2) is 9.97 Å². The predicted octanol–water partition coefficient (Wildman–Crippen LogP) is 1.80. The van der Waals surface area contributed by atoms with Gasteiger partial charge in [0.25, 0.3) is 0 Å². The molecule has 19 heavy (non-hydrogen) atoms. The topological polar surface area (TPSA) is 41.5 Å². The van der Waals surface area contributed by atoms with E-state index in [1.54, 1.807) is 19.5 Å². The highest BCUT2D eigenvalue weighted by molar-refractivity contribution is 5.29. The van der Waals surface area contributed by atoms with Crippen LogP contribution in [0.5, 0.6) is 5.75 Å². The van der Waals surface area contributed by atoms with E-state index in [1.165, 1.54) is 25.7 Å². The van der Waals surface area contributed by atoms with E-state index < -0.39 is 0 Å². The van der Waals surface area contributed by atoms with Crippen molar-refractivity contribution in [2.45, 2.75) is 31.7 Å². The first kappa shape index (κ1) is 14.1. The van der Waals surface area contributed by atoms with Gasteiger partial charge in [-0.2, -0.15) is 0 Å². The summed E-state index contributed by atoms with van der Waals surface area (Å²) in [6.45, 7) is 2.00. The lowest BCUT2D eigenvalue weighted by molar-refractivity contribution is 0.251. The van der Waals surface area contributed by atoms with Crippen LogP contribution in [0.3, 0.4) is 0 Å². The fraction of sp³-hybridized carbons (Fsp3) is 0.714. The third-order valence-corrected chi connectivity index (χ3v) is 3.93. The molecule has 1 aromatic rings. The standard InChI is InChI=1S/C14H24N4O/c1-17(12-6-4-5-7-12)8-9-18(2)14-15-10-13(19-3)11-16-14/h10-12H,4-9H2,1-3H3. The fourth-order valence-corrected chi connectivity index (χ4v) is 2.55. The van der Waals surface area contributed by atoms with Gasteiger partial charge in [0.2, 0.25) is 5.95 Å². The van der Waals surface area contributed by atoms with Crippen molar-refractivity contribution in [2.75, 3.05) is 39.2 Å². The molecule has 0 saturated heterocycles. The predicted molar refractivity (Wildman–Crippen MR) is 76.7 cm³/mol. The second-order valence-electron chi connectivity index (χ2n) is 5.26. The molecule has 106 valence electrons. The Hall–Kier alpha value is -1.36. The van der Waals surface area contributed by atoms with Crippen molar-refractivity contribution in [2.24, 2.45) is 0 Å². The van der Waals surface area contributed by atoms with Gasteiger partial charge < -0.3 is 14.5 Å². The third kappa shape index (κ3) is 3.80. The summed E-state index contributed by atoms with van der Waals surface area (Å²) in [5.74, 6) is 1.45. The van der Waals surface area contributed by atoms with Crippen LogP contribution in [0.1, 0.15) is 25.7 Å². The molecule has 0 spiro atoms. The maximum absolute atomic E-state index is 5.06. The number of ether oxygens (including phenoxy) is 1. The van der Waals surface area contributed by atoms with Crippen molar-refractivity contribution in [1.29, 1.82) is 0 Å². The molecule has 0 N–H and O–H groups in total. The normalized spacial score (nSPS) is 16.0. The van der Waals surface area contributed by atoms with Gasteiger partial charge in [0, 0.05) is 26.2 Å². The number of likely N-dealkylation sites (N-methyl/N-ethyl adjacent to an activating group) is 2. The van der Waals surface area contributed by atoms with E-state index in [2.05, 4.69) is 26.8 Å². The van der Waals surface area contributed by atoms with Crippen molar-refractivity contribution in [3.63, 3.8) is 0 Å². The molecule has 0 aliphatic heterocycles. The Balaban J connectivity index is 1.80. The minimum atomic E-state index is 0.695. The molecule has 2 rings (SSSR count). The summed E-state index contributed by atoms with van der Waals surface area (Å²) in [6.07, 6.45) is 8.87. The van der Waals surface area contributed by atoms with E-state index in [1.807, 2.05) is 7.05 Å². The maximum Gasteiger partial charge on any atom is 0.225 e. The van der Waals surface area contributed by atoms with Crippen LogP contribution in [0, 0.1) is 0 Å². The zero-order chi connectivity index (χ0) is 13.7. The minimum Gasteiger partial charge on any atom is -0.494 e. The van der Waals surface area contributed by atoms with E-state index in [0.29, 0.717) is 5.75 Å². The smallest absolute Gasteiger partial charge is 0.225 e. The molecule has 1 saturated carbocycles. The Morgan fingerprint density at radius 3 is 2.37 bits per heavy atom. The summed E-state index contributed by atoms with van der Waals surface area (Å²) in [6, 6.07) is 0.769. The number of nitrogens with zero attached hydrogens (tertiary/aromatic N) is 4. The molecule has 5 heteroatoms. The Morgan fingerprint density at radius 2 is 1.79 bits per heavy atom. The summed E-state index contributed by atoms with van der Waals surface area (Å²) in [5, 5.41) is 0. The molecule has 1 aromatic heterocycles.